The lowest BCUT2D eigenvalue weighted by Gasteiger charge is -2.34. The highest BCUT2D eigenvalue weighted by molar-refractivity contribution is 5.83. The summed E-state index contributed by atoms with van der Waals surface area (Å²) in [5, 5.41) is 0. The van der Waals surface area contributed by atoms with Gasteiger partial charge in [0, 0.05) is 31.7 Å². The Morgan fingerprint density at radius 2 is 1.89 bits per heavy atom. The molecule has 0 radical (unpaired) electrons. The van der Waals surface area contributed by atoms with Gasteiger partial charge in [-0.2, -0.15) is 0 Å². The van der Waals surface area contributed by atoms with Crippen LogP contribution in [0.4, 0.5) is 4.39 Å². The van der Waals surface area contributed by atoms with Crippen LogP contribution in [0.1, 0.15) is 11.6 Å². The van der Waals surface area contributed by atoms with Gasteiger partial charge in [0.2, 0.25) is 5.91 Å². The van der Waals surface area contributed by atoms with Crippen LogP contribution in [-0.2, 0) is 4.79 Å². The first-order valence-electron chi connectivity index (χ1n) is 6.07. The topological polar surface area (TPSA) is 49.6 Å². The van der Waals surface area contributed by atoms with Crippen molar-refractivity contribution in [2.24, 2.45) is 5.73 Å². The molecule has 1 heterocycles. The number of rotatable bonds is 2. The summed E-state index contributed by atoms with van der Waals surface area (Å²) in [6.07, 6.45) is 0. The predicted octanol–water partition coefficient (Wildman–Crippen LogP) is 0.599. The Hall–Kier alpha value is -1.46. The Morgan fingerprint density at radius 1 is 1.28 bits per heavy atom. The van der Waals surface area contributed by atoms with Crippen LogP contribution in [0, 0.1) is 5.82 Å². The highest BCUT2D eigenvalue weighted by atomic mass is 19.1. The number of halogens is 1. The first-order chi connectivity index (χ1) is 8.59. The van der Waals surface area contributed by atoms with Crippen molar-refractivity contribution in [1.82, 2.24) is 9.80 Å². The fourth-order valence-electron chi connectivity index (χ4n) is 2.08. The van der Waals surface area contributed by atoms with Crippen molar-refractivity contribution < 1.29 is 9.18 Å². The molecule has 98 valence electrons. The van der Waals surface area contributed by atoms with Crippen LogP contribution in [0.2, 0.25) is 0 Å². The van der Waals surface area contributed by atoms with Gasteiger partial charge in [0.25, 0.3) is 0 Å². The minimum Gasteiger partial charge on any atom is -0.338 e. The zero-order valence-electron chi connectivity index (χ0n) is 10.5. The average molecular weight is 251 g/mol. The number of nitrogens with two attached hydrogens (primary N) is 1. The summed E-state index contributed by atoms with van der Waals surface area (Å²) in [4.78, 5) is 16.0. The summed E-state index contributed by atoms with van der Waals surface area (Å²) in [6.45, 7) is 2.96. The quantitative estimate of drug-likeness (QED) is 0.837. The molecule has 18 heavy (non-hydrogen) atoms. The van der Waals surface area contributed by atoms with Crippen molar-refractivity contribution >= 4 is 5.91 Å². The molecular weight excluding hydrogens is 233 g/mol. The lowest BCUT2D eigenvalue weighted by atomic mass is 10.1. The Labute approximate surface area is 106 Å². The van der Waals surface area contributed by atoms with Crippen LogP contribution >= 0.6 is 0 Å². The summed E-state index contributed by atoms with van der Waals surface area (Å²) in [6, 6.07) is 5.26. The van der Waals surface area contributed by atoms with Crippen molar-refractivity contribution in [3.8, 4) is 0 Å². The molecular formula is C13H18FN3O. The van der Waals surface area contributed by atoms with E-state index in [4.69, 9.17) is 5.73 Å². The third-order valence-electron chi connectivity index (χ3n) is 3.32. The zero-order valence-corrected chi connectivity index (χ0v) is 10.5. The van der Waals surface area contributed by atoms with E-state index in [1.165, 1.54) is 6.07 Å². The Bertz CT molecular complexity index is 430. The Balaban J connectivity index is 2.07. The van der Waals surface area contributed by atoms with Gasteiger partial charge in [0.15, 0.2) is 0 Å². The molecule has 4 nitrogen and oxygen atoms in total. The number of carbonyl (C=O) groups is 1. The lowest BCUT2D eigenvalue weighted by molar-refractivity contribution is -0.134. The normalized spacial score (nSPS) is 18.7. The summed E-state index contributed by atoms with van der Waals surface area (Å²) >= 11 is 0. The van der Waals surface area contributed by atoms with Gasteiger partial charge in [-0.25, -0.2) is 4.39 Å². The Morgan fingerprint density at radius 3 is 2.50 bits per heavy atom. The van der Waals surface area contributed by atoms with Crippen LogP contribution in [0.15, 0.2) is 24.3 Å². The number of piperazine rings is 1. The molecule has 0 bridgehead atoms. The van der Waals surface area contributed by atoms with E-state index in [2.05, 4.69) is 4.90 Å². The predicted molar refractivity (Wildman–Crippen MR) is 67.4 cm³/mol. The van der Waals surface area contributed by atoms with Crippen molar-refractivity contribution in [2.75, 3.05) is 33.2 Å². The lowest BCUT2D eigenvalue weighted by Crippen LogP contribution is -2.49. The molecule has 1 saturated heterocycles. The first kappa shape index (κ1) is 13.0. The molecule has 1 aromatic rings. The molecule has 0 aliphatic carbocycles. The highest BCUT2D eigenvalue weighted by Gasteiger charge is 2.26. The molecule has 0 spiro atoms. The molecule has 1 fully saturated rings. The average Bonchev–Trinajstić information content (AvgIpc) is 2.38. The van der Waals surface area contributed by atoms with E-state index in [0.717, 1.165) is 13.1 Å². The van der Waals surface area contributed by atoms with Crippen molar-refractivity contribution in [2.45, 2.75) is 6.04 Å². The summed E-state index contributed by atoms with van der Waals surface area (Å²) < 4.78 is 13.6. The second-order valence-electron chi connectivity index (χ2n) is 4.63. The van der Waals surface area contributed by atoms with E-state index in [0.29, 0.717) is 13.1 Å². The zero-order chi connectivity index (χ0) is 13.1. The molecule has 5 heteroatoms. The summed E-state index contributed by atoms with van der Waals surface area (Å²) in [7, 11) is 2.01. The van der Waals surface area contributed by atoms with E-state index >= 15 is 0 Å². The third kappa shape index (κ3) is 2.68. The molecule has 1 atom stereocenters. The maximum absolute atomic E-state index is 13.6. The number of hydrogen-bond acceptors (Lipinski definition) is 3. The minimum absolute atomic E-state index is 0.201. The van der Waals surface area contributed by atoms with Crippen molar-refractivity contribution in [3.05, 3.63) is 35.6 Å². The van der Waals surface area contributed by atoms with Gasteiger partial charge in [-0.3, -0.25) is 4.79 Å². The van der Waals surface area contributed by atoms with Crippen LogP contribution in [0.5, 0.6) is 0 Å². The van der Waals surface area contributed by atoms with Gasteiger partial charge >= 0.3 is 0 Å². The van der Waals surface area contributed by atoms with Crippen LogP contribution < -0.4 is 5.73 Å². The molecule has 0 aromatic heterocycles. The highest BCUT2D eigenvalue weighted by Crippen LogP contribution is 2.17. The number of benzene rings is 1. The third-order valence-corrected chi connectivity index (χ3v) is 3.32. The molecule has 2 rings (SSSR count). The van der Waals surface area contributed by atoms with Gasteiger partial charge in [0.05, 0.1) is 0 Å². The summed E-state index contributed by atoms with van der Waals surface area (Å²) in [5.74, 6) is -0.624. The fraction of sp³-hybridized carbons (Fsp3) is 0.462. The number of carbonyl (C=O) groups excluding carboxylic acids is 1. The van der Waals surface area contributed by atoms with Crippen molar-refractivity contribution in [1.29, 1.82) is 0 Å². The Kier molecular flexibility index (Phi) is 3.93. The smallest absolute Gasteiger partial charge is 0.244 e. The van der Waals surface area contributed by atoms with E-state index in [9.17, 15) is 9.18 Å². The molecule has 1 unspecified atom stereocenters. The SMILES string of the molecule is CN1CCN(C(=O)C(N)c2ccccc2F)CC1. The van der Waals surface area contributed by atoms with Gasteiger partial charge in [-0.15, -0.1) is 0 Å². The molecule has 1 aromatic carbocycles. The van der Waals surface area contributed by atoms with Gasteiger partial charge in [0.1, 0.15) is 11.9 Å². The molecule has 1 aliphatic rings. The first-order valence-corrected chi connectivity index (χ1v) is 6.07. The van der Waals surface area contributed by atoms with Gasteiger partial charge in [-0.1, -0.05) is 18.2 Å². The molecule has 1 aliphatic heterocycles. The largest absolute Gasteiger partial charge is 0.338 e. The maximum atomic E-state index is 13.6. The number of hydrogen-bond donors (Lipinski definition) is 1. The van der Waals surface area contributed by atoms with E-state index in [1.807, 2.05) is 7.05 Å². The van der Waals surface area contributed by atoms with E-state index < -0.39 is 11.9 Å². The minimum atomic E-state index is -0.908. The van der Waals surface area contributed by atoms with E-state index in [1.54, 1.807) is 23.1 Å². The summed E-state index contributed by atoms with van der Waals surface area (Å²) in [5.41, 5.74) is 6.13. The van der Waals surface area contributed by atoms with Gasteiger partial charge in [-0.05, 0) is 13.1 Å². The molecule has 0 saturated carbocycles. The standard InChI is InChI=1S/C13H18FN3O/c1-16-6-8-17(9-7-16)13(18)12(15)10-4-2-3-5-11(10)14/h2-5,12H,6-9,15H2,1H3. The second-order valence-corrected chi connectivity index (χ2v) is 4.63. The van der Waals surface area contributed by atoms with Crippen molar-refractivity contribution in [3.63, 3.8) is 0 Å². The molecule has 2 N–H and O–H groups in total. The molecule has 1 amide bonds. The number of likely N-dealkylation sites (N-methyl/N-ethyl adjacent to an activating group) is 1. The van der Waals surface area contributed by atoms with Gasteiger partial charge < -0.3 is 15.5 Å². The maximum Gasteiger partial charge on any atom is 0.244 e. The van der Waals surface area contributed by atoms with Crippen LogP contribution in [0.25, 0.3) is 0 Å². The number of nitrogens with zero attached hydrogens (tertiary/aromatic N) is 2. The van der Waals surface area contributed by atoms with Crippen LogP contribution in [0.3, 0.4) is 0 Å². The monoisotopic (exact) mass is 251 g/mol. The fourth-order valence-corrected chi connectivity index (χ4v) is 2.08. The van der Waals surface area contributed by atoms with Crippen LogP contribution in [-0.4, -0.2) is 48.9 Å². The second kappa shape index (κ2) is 5.46. The number of amides is 1. The van der Waals surface area contributed by atoms with E-state index in [-0.39, 0.29) is 11.5 Å².